The Morgan fingerprint density at radius 3 is 2.63 bits per heavy atom. The summed E-state index contributed by atoms with van der Waals surface area (Å²) in [6, 6.07) is 1.06. The van der Waals surface area contributed by atoms with E-state index in [-0.39, 0.29) is 22.7 Å². The fourth-order valence-electron chi connectivity index (χ4n) is 3.94. The van der Waals surface area contributed by atoms with Crippen LogP contribution in [0.2, 0.25) is 0 Å². The standard InChI is InChI=1S/C20H23F3N6O/c1-12-7-15(20(21,22)23)16-17(27-30-18(16)26-12)14-5-4-6-29(11-14)10-13-8-24-19(25-9-13)28(2)3/h7-9,14H,4-6,10-11H2,1-3H3. The maximum Gasteiger partial charge on any atom is 0.417 e. The Labute approximate surface area is 171 Å². The summed E-state index contributed by atoms with van der Waals surface area (Å²) in [6.07, 6.45) is 0.680. The van der Waals surface area contributed by atoms with E-state index in [1.165, 1.54) is 6.92 Å². The number of alkyl halides is 3. The van der Waals surface area contributed by atoms with E-state index in [4.69, 9.17) is 4.52 Å². The number of aryl methyl sites for hydroxylation is 1. The molecule has 1 atom stereocenters. The fourth-order valence-corrected chi connectivity index (χ4v) is 3.94. The molecule has 0 spiro atoms. The second-order valence-corrected chi connectivity index (χ2v) is 7.92. The van der Waals surface area contributed by atoms with E-state index in [0.29, 0.717) is 24.7 Å². The maximum atomic E-state index is 13.7. The van der Waals surface area contributed by atoms with E-state index in [2.05, 4.69) is 25.0 Å². The average molecular weight is 420 g/mol. The second-order valence-electron chi connectivity index (χ2n) is 7.92. The van der Waals surface area contributed by atoms with E-state index in [1.807, 2.05) is 19.0 Å². The topological polar surface area (TPSA) is 71.2 Å². The molecule has 0 saturated carbocycles. The van der Waals surface area contributed by atoms with E-state index >= 15 is 0 Å². The van der Waals surface area contributed by atoms with Gasteiger partial charge in [0.1, 0.15) is 0 Å². The van der Waals surface area contributed by atoms with E-state index < -0.39 is 11.7 Å². The van der Waals surface area contributed by atoms with Gasteiger partial charge in [-0.05, 0) is 32.4 Å². The fraction of sp³-hybridized carbons (Fsp3) is 0.500. The largest absolute Gasteiger partial charge is 0.417 e. The molecular formula is C20H23F3N6O. The molecule has 0 bridgehead atoms. The molecule has 0 radical (unpaired) electrons. The molecule has 3 aromatic heterocycles. The molecule has 160 valence electrons. The first-order chi connectivity index (χ1) is 14.2. The van der Waals surface area contributed by atoms with Crippen molar-refractivity contribution in [2.75, 3.05) is 32.1 Å². The van der Waals surface area contributed by atoms with Crippen molar-refractivity contribution in [3.8, 4) is 0 Å². The maximum absolute atomic E-state index is 13.7. The highest BCUT2D eigenvalue weighted by molar-refractivity contribution is 5.81. The first kappa shape index (κ1) is 20.5. The Morgan fingerprint density at radius 2 is 1.97 bits per heavy atom. The Morgan fingerprint density at radius 1 is 1.23 bits per heavy atom. The molecule has 7 nitrogen and oxygen atoms in total. The van der Waals surface area contributed by atoms with Gasteiger partial charge in [0.25, 0.3) is 5.71 Å². The van der Waals surface area contributed by atoms with Crippen molar-refractivity contribution in [3.63, 3.8) is 0 Å². The van der Waals surface area contributed by atoms with Crippen LogP contribution >= 0.6 is 0 Å². The number of aromatic nitrogens is 4. The summed E-state index contributed by atoms with van der Waals surface area (Å²) in [5.41, 5.74) is 0.769. The Bertz CT molecular complexity index is 1030. The predicted octanol–water partition coefficient (Wildman–Crippen LogP) is 3.79. The Balaban J connectivity index is 1.58. The summed E-state index contributed by atoms with van der Waals surface area (Å²) in [7, 11) is 3.75. The molecule has 0 aliphatic carbocycles. The number of hydrogen-bond donors (Lipinski definition) is 0. The first-order valence-electron chi connectivity index (χ1n) is 9.77. The van der Waals surface area contributed by atoms with Gasteiger partial charge in [0, 0.05) is 56.8 Å². The lowest BCUT2D eigenvalue weighted by atomic mass is 9.91. The number of piperidine rings is 1. The van der Waals surface area contributed by atoms with Crippen molar-refractivity contribution in [2.45, 2.75) is 38.4 Å². The average Bonchev–Trinajstić information content (AvgIpc) is 3.11. The normalized spacial score (nSPS) is 18.1. The molecule has 0 N–H and O–H groups in total. The van der Waals surface area contributed by atoms with Gasteiger partial charge in [0.05, 0.1) is 16.6 Å². The number of likely N-dealkylation sites (tertiary alicyclic amines) is 1. The summed E-state index contributed by atoms with van der Waals surface area (Å²) in [5, 5.41) is 4.00. The van der Waals surface area contributed by atoms with Crippen molar-refractivity contribution in [3.05, 3.63) is 41.0 Å². The van der Waals surface area contributed by atoms with E-state index in [9.17, 15) is 13.2 Å². The van der Waals surface area contributed by atoms with Gasteiger partial charge in [-0.25, -0.2) is 15.0 Å². The number of hydrogen-bond acceptors (Lipinski definition) is 7. The summed E-state index contributed by atoms with van der Waals surface area (Å²) in [5.74, 6) is 0.472. The number of anilines is 1. The molecule has 30 heavy (non-hydrogen) atoms. The van der Waals surface area contributed by atoms with Crippen molar-refractivity contribution in [1.29, 1.82) is 0 Å². The lowest BCUT2D eigenvalue weighted by molar-refractivity contribution is -0.136. The van der Waals surface area contributed by atoms with Crippen LogP contribution in [0.3, 0.4) is 0 Å². The molecule has 1 aliphatic heterocycles. The first-order valence-corrected chi connectivity index (χ1v) is 9.77. The molecule has 1 unspecified atom stereocenters. The molecule has 0 aromatic carbocycles. The van der Waals surface area contributed by atoms with Gasteiger partial charge in [-0.1, -0.05) is 5.16 Å². The highest BCUT2D eigenvalue weighted by Gasteiger charge is 2.37. The molecular weight excluding hydrogens is 397 g/mol. The van der Waals surface area contributed by atoms with Crippen LogP contribution in [-0.4, -0.2) is 52.2 Å². The minimum Gasteiger partial charge on any atom is -0.347 e. The van der Waals surface area contributed by atoms with Gasteiger partial charge in [-0.3, -0.25) is 4.90 Å². The molecule has 1 fully saturated rings. The second kappa shape index (κ2) is 7.82. The zero-order chi connectivity index (χ0) is 21.5. The molecule has 10 heteroatoms. The third kappa shape index (κ3) is 4.09. The van der Waals surface area contributed by atoms with Gasteiger partial charge < -0.3 is 9.42 Å². The van der Waals surface area contributed by atoms with Gasteiger partial charge in [-0.15, -0.1) is 0 Å². The minimum absolute atomic E-state index is 0.0152. The monoisotopic (exact) mass is 420 g/mol. The summed E-state index contributed by atoms with van der Waals surface area (Å²) < 4.78 is 46.2. The zero-order valence-electron chi connectivity index (χ0n) is 17.1. The van der Waals surface area contributed by atoms with Crippen molar-refractivity contribution < 1.29 is 17.7 Å². The highest BCUT2D eigenvalue weighted by atomic mass is 19.4. The SMILES string of the molecule is Cc1cc(C(F)(F)F)c2c(C3CCCN(Cc4cnc(N(C)C)nc4)C3)noc2n1. The summed E-state index contributed by atoms with van der Waals surface area (Å²) in [6.45, 7) is 3.58. The molecule has 0 amide bonds. The zero-order valence-corrected chi connectivity index (χ0v) is 17.1. The van der Waals surface area contributed by atoms with E-state index in [1.54, 1.807) is 12.4 Å². The van der Waals surface area contributed by atoms with Crippen molar-refractivity contribution in [1.82, 2.24) is 25.0 Å². The third-order valence-electron chi connectivity index (χ3n) is 5.30. The predicted molar refractivity (Wildman–Crippen MR) is 105 cm³/mol. The van der Waals surface area contributed by atoms with Crippen LogP contribution < -0.4 is 4.90 Å². The number of fused-ring (bicyclic) bond motifs is 1. The Hall–Kier alpha value is -2.75. The van der Waals surface area contributed by atoms with Crippen molar-refractivity contribution in [2.24, 2.45) is 0 Å². The van der Waals surface area contributed by atoms with Gasteiger partial charge in [0.15, 0.2) is 0 Å². The van der Waals surface area contributed by atoms with Crippen LogP contribution in [0, 0.1) is 6.92 Å². The lowest BCUT2D eigenvalue weighted by Crippen LogP contribution is -2.34. The van der Waals surface area contributed by atoms with Gasteiger partial charge in [0.2, 0.25) is 5.95 Å². The molecule has 1 aliphatic rings. The summed E-state index contributed by atoms with van der Waals surface area (Å²) >= 11 is 0. The number of halogens is 3. The molecule has 1 saturated heterocycles. The van der Waals surface area contributed by atoms with Crippen LogP contribution in [0.15, 0.2) is 23.0 Å². The highest BCUT2D eigenvalue weighted by Crippen LogP contribution is 2.40. The number of nitrogens with zero attached hydrogens (tertiary/aromatic N) is 6. The van der Waals surface area contributed by atoms with Gasteiger partial charge >= 0.3 is 6.18 Å². The van der Waals surface area contributed by atoms with Crippen molar-refractivity contribution >= 4 is 17.0 Å². The Kier molecular flexibility index (Phi) is 5.35. The van der Waals surface area contributed by atoms with Crippen LogP contribution in [-0.2, 0) is 12.7 Å². The quantitative estimate of drug-likeness (QED) is 0.636. The third-order valence-corrected chi connectivity index (χ3v) is 5.30. The summed E-state index contributed by atoms with van der Waals surface area (Å²) in [4.78, 5) is 16.8. The van der Waals surface area contributed by atoms with Crippen LogP contribution in [0.25, 0.3) is 11.1 Å². The van der Waals surface area contributed by atoms with Crippen LogP contribution in [0.5, 0.6) is 0 Å². The molecule has 4 heterocycles. The smallest absolute Gasteiger partial charge is 0.347 e. The minimum atomic E-state index is -4.49. The number of rotatable bonds is 4. The van der Waals surface area contributed by atoms with E-state index in [0.717, 1.165) is 31.0 Å². The van der Waals surface area contributed by atoms with Crippen LogP contribution in [0.1, 0.15) is 41.3 Å². The molecule has 3 aromatic rings. The number of pyridine rings is 1. The lowest BCUT2D eigenvalue weighted by Gasteiger charge is -2.32. The molecule has 4 rings (SSSR count). The van der Waals surface area contributed by atoms with Crippen LogP contribution in [0.4, 0.5) is 19.1 Å². The van der Waals surface area contributed by atoms with Gasteiger partial charge in [-0.2, -0.15) is 13.2 Å².